The lowest BCUT2D eigenvalue weighted by Gasteiger charge is -2.42. The van der Waals surface area contributed by atoms with E-state index in [0.717, 1.165) is 17.8 Å². The van der Waals surface area contributed by atoms with Crippen molar-refractivity contribution in [2.45, 2.75) is 44.8 Å². The lowest BCUT2D eigenvalue weighted by atomic mass is 10.1. The Morgan fingerprint density at radius 1 is 0.929 bits per heavy atom. The molecule has 226 valence electrons. The van der Waals surface area contributed by atoms with Crippen molar-refractivity contribution in [1.82, 2.24) is 0 Å². The van der Waals surface area contributed by atoms with E-state index in [2.05, 4.69) is 46.6 Å². The molecule has 1 heterocycles. The Morgan fingerprint density at radius 2 is 1.57 bits per heavy atom. The molecule has 0 amide bonds. The number of nitrogens with zero attached hydrogens (tertiary/aromatic N) is 2. The van der Waals surface area contributed by atoms with Crippen molar-refractivity contribution in [1.29, 1.82) is 0 Å². The number of aromatic carboxylic acids is 1. The van der Waals surface area contributed by atoms with E-state index in [1.165, 1.54) is 11.6 Å². The quantitative estimate of drug-likeness (QED) is 0.337. The first-order chi connectivity index (χ1) is 19.5. The van der Waals surface area contributed by atoms with E-state index < -0.39 is 28.1 Å². The van der Waals surface area contributed by atoms with Crippen LogP contribution >= 0.6 is 0 Å². The SMILES string of the molecule is Cc1cccc(N2CCN(c3ccc(NS(=O)(=O)c4ccc(C)cc4C)cc3C(=O)O)CC2C)c1.O=C(O)C(F)(F)F. The van der Waals surface area contributed by atoms with Gasteiger partial charge in [-0.25, -0.2) is 18.0 Å². The highest BCUT2D eigenvalue weighted by Gasteiger charge is 2.38. The molecule has 3 N–H and O–H groups in total. The topological polar surface area (TPSA) is 127 Å². The number of sulfonamides is 1. The van der Waals surface area contributed by atoms with E-state index >= 15 is 0 Å². The van der Waals surface area contributed by atoms with Gasteiger partial charge in [0.15, 0.2) is 0 Å². The molecule has 0 spiro atoms. The number of aliphatic carboxylic acids is 1. The average Bonchev–Trinajstić information content (AvgIpc) is 2.88. The first-order valence-electron chi connectivity index (χ1n) is 12.9. The molecular formula is C29H32F3N3O6S. The predicted molar refractivity (Wildman–Crippen MR) is 154 cm³/mol. The number of hydrogen-bond donors (Lipinski definition) is 3. The standard InChI is InChI=1S/C27H31N3O4S.C2HF3O2/c1-18-6-5-7-23(15-18)30-13-12-29(17-21(30)4)25-10-9-22(16-24(25)27(31)32)28-35(33,34)26-11-8-19(2)14-20(26)3;3-2(4,5)1(6)7/h5-11,14-16,21,28H,12-13,17H2,1-4H3,(H,31,32);(H,6,7). The molecule has 1 unspecified atom stereocenters. The Labute approximate surface area is 242 Å². The molecule has 1 saturated heterocycles. The first kappa shape index (κ1) is 32.3. The summed E-state index contributed by atoms with van der Waals surface area (Å²) in [6.45, 7) is 9.90. The van der Waals surface area contributed by atoms with Crippen molar-refractivity contribution in [3.63, 3.8) is 0 Å². The number of hydrogen-bond acceptors (Lipinski definition) is 6. The Balaban J connectivity index is 0.000000616. The van der Waals surface area contributed by atoms with Crippen LogP contribution in [-0.4, -0.2) is 62.4 Å². The summed E-state index contributed by atoms with van der Waals surface area (Å²) >= 11 is 0. The molecule has 1 fully saturated rings. The summed E-state index contributed by atoms with van der Waals surface area (Å²) < 4.78 is 60.2. The van der Waals surface area contributed by atoms with E-state index in [-0.39, 0.29) is 22.2 Å². The number of benzene rings is 3. The third kappa shape index (κ3) is 7.93. The molecule has 3 aromatic rings. The summed E-state index contributed by atoms with van der Waals surface area (Å²) in [5.41, 5.74) is 4.84. The molecule has 1 aliphatic heterocycles. The number of halogens is 3. The van der Waals surface area contributed by atoms with Gasteiger partial charge in [0.25, 0.3) is 10.0 Å². The van der Waals surface area contributed by atoms with Crippen LogP contribution in [0.3, 0.4) is 0 Å². The Bertz CT molecular complexity index is 1580. The number of nitrogens with one attached hydrogen (secondary N) is 1. The van der Waals surface area contributed by atoms with Crippen LogP contribution in [0.1, 0.15) is 34.0 Å². The van der Waals surface area contributed by atoms with Gasteiger partial charge in [0, 0.05) is 37.1 Å². The van der Waals surface area contributed by atoms with Gasteiger partial charge in [0.1, 0.15) is 0 Å². The molecule has 0 aromatic heterocycles. The molecule has 3 aromatic carbocycles. The average molecular weight is 608 g/mol. The number of carbonyl (C=O) groups is 2. The second-order valence-corrected chi connectivity index (χ2v) is 11.7. The lowest BCUT2D eigenvalue weighted by molar-refractivity contribution is -0.192. The third-order valence-corrected chi connectivity index (χ3v) is 8.18. The zero-order chi connectivity index (χ0) is 31.4. The minimum Gasteiger partial charge on any atom is -0.478 e. The molecule has 0 bridgehead atoms. The van der Waals surface area contributed by atoms with E-state index in [9.17, 15) is 31.5 Å². The fourth-order valence-electron chi connectivity index (χ4n) is 4.72. The Morgan fingerprint density at radius 3 is 2.12 bits per heavy atom. The summed E-state index contributed by atoms with van der Waals surface area (Å²) in [6, 6.07) is 18.4. The van der Waals surface area contributed by atoms with E-state index in [0.29, 0.717) is 24.3 Å². The number of rotatable bonds is 6. The Hall–Kier alpha value is -4.26. The van der Waals surface area contributed by atoms with Crippen molar-refractivity contribution >= 4 is 39.0 Å². The highest BCUT2D eigenvalue weighted by Crippen LogP contribution is 2.30. The molecule has 42 heavy (non-hydrogen) atoms. The van der Waals surface area contributed by atoms with E-state index in [1.807, 2.05) is 13.0 Å². The third-order valence-electron chi connectivity index (χ3n) is 6.64. The van der Waals surface area contributed by atoms with E-state index in [4.69, 9.17) is 9.90 Å². The largest absolute Gasteiger partial charge is 0.490 e. The first-order valence-corrected chi connectivity index (χ1v) is 14.3. The van der Waals surface area contributed by atoms with Crippen LogP contribution < -0.4 is 14.5 Å². The Kier molecular flexibility index (Phi) is 9.77. The van der Waals surface area contributed by atoms with Gasteiger partial charge in [-0.1, -0.05) is 29.8 Å². The zero-order valence-electron chi connectivity index (χ0n) is 23.4. The molecular weight excluding hydrogens is 575 g/mol. The van der Waals surface area contributed by atoms with Gasteiger partial charge in [0.2, 0.25) is 0 Å². The zero-order valence-corrected chi connectivity index (χ0v) is 24.3. The maximum atomic E-state index is 13.0. The van der Waals surface area contributed by atoms with Gasteiger partial charge in [0.05, 0.1) is 16.1 Å². The number of alkyl halides is 3. The highest BCUT2D eigenvalue weighted by atomic mass is 32.2. The van der Waals surface area contributed by atoms with Crippen molar-refractivity contribution in [3.05, 3.63) is 82.9 Å². The summed E-state index contributed by atoms with van der Waals surface area (Å²) in [5.74, 6) is -3.85. The van der Waals surface area contributed by atoms with Gasteiger partial charge >= 0.3 is 18.1 Å². The van der Waals surface area contributed by atoms with Crippen LogP contribution in [0.15, 0.2) is 65.6 Å². The second-order valence-electron chi connectivity index (χ2n) is 10.0. The van der Waals surface area contributed by atoms with Crippen LogP contribution in [-0.2, 0) is 14.8 Å². The summed E-state index contributed by atoms with van der Waals surface area (Å²) in [7, 11) is -3.85. The van der Waals surface area contributed by atoms with Crippen molar-refractivity contribution in [2.24, 2.45) is 0 Å². The van der Waals surface area contributed by atoms with Crippen LogP contribution in [0.4, 0.5) is 30.2 Å². The van der Waals surface area contributed by atoms with Gasteiger partial charge in [-0.05, 0) is 75.2 Å². The molecule has 1 atom stereocenters. The fourth-order valence-corrected chi connectivity index (χ4v) is 6.00. The number of carboxylic acids is 2. The number of anilines is 3. The number of piperazine rings is 1. The molecule has 4 rings (SSSR count). The normalized spacial score (nSPS) is 15.5. The summed E-state index contributed by atoms with van der Waals surface area (Å²) in [5, 5.41) is 17.0. The lowest BCUT2D eigenvalue weighted by Crippen LogP contribution is -2.52. The predicted octanol–water partition coefficient (Wildman–Crippen LogP) is 5.46. The van der Waals surface area contributed by atoms with Crippen LogP contribution in [0.5, 0.6) is 0 Å². The summed E-state index contributed by atoms with van der Waals surface area (Å²) in [4.78, 5) is 25.6. The maximum absolute atomic E-state index is 13.0. The molecule has 13 heteroatoms. The van der Waals surface area contributed by atoms with Gasteiger partial charge in [-0.15, -0.1) is 0 Å². The van der Waals surface area contributed by atoms with Gasteiger partial charge in [-0.3, -0.25) is 4.72 Å². The molecule has 1 aliphatic rings. The summed E-state index contributed by atoms with van der Waals surface area (Å²) in [6.07, 6.45) is -5.08. The van der Waals surface area contributed by atoms with Gasteiger partial charge in [-0.2, -0.15) is 13.2 Å². The van der Waals surface area contributed by atoms with Crippen LogP contribution in [0.2, 0.25) is 0 Å². The van der Waals surface area contributed by atoms with E-state index in [1.54, 1.807) is 37.3 Å². The number of carboxylic acid groups (broad SMARTS) is 2. The molecule has 0 saturated carbocycles. The number of aryl methyl sites for hydroxylation is 3. The molecule has 9 nitrogen and oxygen atoms in total. The van der Waals surface area contributed by atoms with Crippen LogP contribution in [0, 0.1) is 20.8 Å². The highest BCUT2D eigenvalue weighted by molar-refractivity contribution is 7.92. The van der Waals surface area contributed by atoms with Crippen molar-refractivity contribution < 1.29 is 41.4 Å². The molecule has 0 radical (unpaired) electrons. The van der Waals surface area contributed by atoms with Crippen molar-refractivity contribution in [3.8, 4) is 0 Å². The van der Waals surface area contributed by atoms with Crippen LogP contribution in [0.25, 0.3) is 0 Å². The van der Waals surface area contributed by atoms with Crippen molar-refractivity contribution in [2.75, 3.05) is 34.2 Å². The molecule has 0 aliphatic carbocycles. The smallest absolute Gasteiger partial charge is 0.478 e. The monoisotopic (exact) mass is 607 g/mol. The van der Waals surface area contributed by atoms with Gasteiger partial charge < -0.3 is 20.0 Å². The minimum atomic E-state index is -5.08. The second kappa shape index (κ2) is 12.7. The minimum absolute atomic E-state index is 0.0713. The fraction of sp³-hybridized carbons (Fsp3) is 0.310. The maximum Gasteiger partial charge on any atom is 0.490 e.